The second kappa shape index (κ2) is 9.30. The highest BCUT2D eigenvalue weighted by Gasteiger charge is 2.17. The number of halogens is 2. The molecule has 0 aliphatic rings. The third kappa shape index (κ3) is 4.97. The summed E-state index contributed by atoms with van der Waals surface area (Å²) in [5.41, 5.74) is 0.919. The Morgan fingerprint density at radius 3 is 2.41 bits per heavy atom. The third-order valence-corrected chi connectivity index (χ3v) is 4.75. The summed E-state index contributed by atoms with van der Waals surface area (Å²) in [6.07, 6.45) is 2.84. The monoisotopic (exact) mass is 454 g/mol. The normalized spacial score (nSPS) is 10.7. The van der Waals surface area contributed by atoms with Gasteiger partial charge in [0.25, 0.3) is 0 Å². The van der Waals surface area contributed by atoms with Crippen LogP contribution in [0, 0.1) is 5.82 Å². The van der Waals surface area contributed by atoms with Gasteiger partial charge in [-0.15, -0.1) is 0 Å². The van der Waals surface area contributed by atoms with Crippen molar-refractivity contribution in [2.24, 2.45) is 0 Å². The van der Waals surface area contributed by atoms with E-state index < -0.39 is 17.6 Å². The maximum Gasteiger partial charge on any atom is 0.344 e. The molecule has 4 nitrogen and oxygen atoms in total. The molecule has 3 rings (SSSR count). The van der Waals surface area contributed by atoms with Crippen LogP contribution in [0.3, 0.4) is 0 Å². The number of ether oxygens (including phenoxy) is 2. The van der Waals surface area contributed by atoms with Crippen molar-refractivity contribution in [2.75, 3.05) is 7.11 Å². The van der Waals surface area contributed by atoms with Gasteiger partial charge in [-0.25, -0.2) is 9.18 Å². The average Bonchev–Trinajstić information content (AvgIpc) is 2.73. The molecule has 0 bridgehead atoms. The Balaban J connectivity index is 1.88. The molecule has 0 N–H and O–H groups in total. The van der Waals surface area contributed by atoms with Gasteiger partial charge in [-0.2, -0.15) is 0 Å². The Labute approximate surface area is 175 Å². The van der Waals surface area contributed by atoms with Crippen LogP contribution in [0.4, 0.5) is 4.39 Å². The largest absolute Gasteiger partial charge is 0.496 e. The van der Waals surface area contributed by atoms with E-state index in [0.717, 1.165) is 12.1 Å². The van der Waals surface area contributed by atoms with Crippen molar-refractivity contribution < 1.29 is 23.5 Å². The zero-order valence-corrected chi connectivity index (χ0v) is 17.0. The molecule has 146 valence electrons. The highest BCUT2D eigenvalue weighted by molar-refractivity contribution is 9.10. The Morgan fingerprint density at radius 2 is 1.66 bits per heavy atom. The molecule has 0 saturated carbocycles. The molecule has 29 heavy (non-hydrogen) atoms. The molecule has 3 aromatic rings. The molecule has 0 saturated heterocycles. The average molecular weight is 455 g/mol. The molecule has 0 aliphatic heterocycles. The van der Waals surface area contributed by atoms with Crippen molar-refractivity contribution in [3.8, 4) is 11.5 Å². The van der Waals surface area contributed by atoms with Crippen LogP contribution in [0.15, 0.2) is 77.3 Å². The predicted molar refractivity (Wildman–Crippen MR) is 112 cm³/mol. The van der Waals surface area contributed by atoms with E-state index in [1.807, 2.05) is 6.07 Å². The molecule has 0 amide bonds. The lowest BCUT2D eigenvalue weighted by atomic mass is 10.1. The molecule has 0 fully saturated rings. The summed E-state index contributed by atoms with van der Waals surface area (Å²) in [6.45, 7) is 0. The van der Waals surface area contributed by atoms with Gasteiger partial charge in [-0.05, 0) is 64.5 Å². The first kappa shape index (κ1) is 20.5. The lowest BCUT2D eigenvalue weighted by molar-refractivity contribution is 0.0732. The molecule has 3 aromatic carbocycles. The minimum Gasteiger partial charge on any atom is -0.496 e. The first-order valence-corrected chi connectivity index (χ1v) is 9.40. The summed E-state index contributed by atoms with van der Waals surface area (Å²) in [4.78, 5) is 25.1. The minimum absolute atomic E-state index is 0.0261. The summed E-state index contributed by atoms with van der Waals surface area (Å²) in [5.74, 6) is -1.21. The summed E-state index contributed by atoms with van der Waals surface area (Å²) >= 11 is 3.28. The molecule has 0 spiro atoms. The van der Waals surface area contributed by atoms with Gasteiger partial charge in [0.2, 0.25) is 0 Å². The zero-order chi connectivity index (χ0) is 20.8. The number of benzene rings is 3. The van der Waals surface area contributed by atoms with Gasteiger partial charge >= 0.3 is 5.97 Å². The van der Waals surface area contributed by atoms with E-state index in [2.05, 4.69) is 15.9 Å². The van der Waals surface area contributed by atoms with E-state index in [0.29, 0.717) is 21.3 Å². The molecule has 0 heterocycles. The van der Waals surface area contributed by atoms with E-state index in [1.54, 1.807) is 48.5 Å². The van der Waals surface area contributed by atoms with Crippen molar-refractivity contribution in [2.45, 2.75) is 0 Å². The summed E-state index contributed by atoms with van der Waals surface area (Å²) in [5, 5.41) is 0. The molecular weight excluding hydrogens is 439 g/mol. The fourth-order valence-corrected chi connectivity index (χ4v) is 3.07. The van der Waals surface area contributed by atoms with Crippen LogP contribution in [0.1, 0.15) is 26.3 Å². The summed E-state index contributed by atoms with van der Waals surface area (Å²) in [6, 6.07) is 17.3. The predicted octanol–water partition coefficient (Wildman–Crippen LogP) is 5.71. The number of hydrogen-bond acceptors (Lipinski definition) is 4. The third-order valence-electron chi connectivity index (χ3n) is 4.06. The number of carbonyl (C=O) groups is 2. The first-order valence-electron chi connectivity index (χ1n) is 8.61. The van der Waals surface area contributed by atoms with Crippen LogP contribution >= 0.6 is 15.9 Å². The Kier molecular flexibility index (Phi) is 6.57. The second-order valence-electron chi connectivity index (χ2n) is 5.95. The highest BCUT2D eigenvalue weighted by atomic mass is 79.9. The van der Waals surface area contributed by atoms with Gasteiger partial charge in [0, 0.05) is 10.0 Å². The number of carbonyl (C=O) groups excluding carboxylic acids is 2. The maximum atomic E-state index is 13.8. The summed E-state index contributed by atoms with van der Waals surface area (Å²) in [7, 11) is 1.53. The quantitative estimate of drug-likeness (QED) is 0.207. The van der Waals surface area contributed by atoms with Crippen molar-refractivity contribution in [3.63, 3.8) is 0 Å². The lowest BCUT2D eigenvalue weighted by Crippen LogP contribution is -2.12. The van der Waals surface area contributed by atoms with Gasteiger partial charge in [-0.3, -0.25) is 4.79 Å². The standard InChI is InChI=1S/C23H16BrFO4/c1-28-21-9-5-2-6-15(21)10-12-20(26)18-14-16(25)11-13-22(18)29-23(27)17-7-3-4-8-19(17)24/h2-14H,1H3. The smallest absolute Gasteiger partial charge is 0.344 e. The second-order valence-corrected chi connectivity index (χ2v) is 6.80. The summed E-state index contributed by atoms with van der Waals surface area (Å²) < 4.78 is 24.9. The Hall–Kier alpha value is -3.25. The number of allylic oxidation sites excluding steroid dienone is 1. The fourth-order valence-electron chi connectivity index (χ4n) is 2.62. The van der Waals surface area contributed by atoms with Gasteiger partial charge in [0.1, 0.15) is 17.3 Å². The minimum atomic E-state index is -0.660. The molecule has 0 aromatic heterocycles. The number of esters is 1. The molecule has 0 aliphatic carbocycles. The van der Waals surface area contributed by atoms with Crippen LogP contribution < -0.4 is 9.47 Å². The van der Waals surface area contributed by atoms with Gasteiger partial charge < -0.3 is 9.47 Å². The van der Waals surface area contributed by atoms with E-state index in [1.165, 1.54) is 19.3 Å². The number of methoxy groups -OCH3 is 1. The van der Waals surface area contributed by atoms with E-state index in [4.69, 9.17) is 9.47 Å². The van der Waals surface area contributed by atoms with Gasteiger partial charge in [-0.1, -0.05) is 30.3 Å². The van der Waals surface area contributed by atoms with Crippen LogP contribution in [-0.4, -0.2) is 18.9 Å². The van der Waals surface area contributed by atoms with Crippen LogP contribution in [-0.2, 0) is 0 Å². The van der Waals surface area contributed by atoms with Gasteiger partial charge in [0.05, 0.1) is 18.2 Å². The van der Waals surface area contributed by atoms with Crippen molar-refractivity contribution in [3.05, 3.63) is 99.8 Å². The Morgan fingerprint density at radius 1 is 0.931 bits per heavy atom. The number of ketones is 1. The number of rotatable bonds is 6. The Bertz CT molecular complexity index is 1090. The maximum absolute atomic E-state index is 13.8. The molecule has 0 radical (unpaired) electrons. The van der Waals surface area contributed by atoms with E-state index >= 15 is 0 Å². The van der Waals surface area contributed by atoms with Crippen LogP contribution in [0.5, 0.6) is 11.5 Å². The lowest BCUT2D eigenvalue weighted by Gasteiger charge is -2.09. The molecule has 6 heteroatoms. The van der Waals surface area contributed by atoms with E-state index in [-0.39, 0.29) is 11.3 Å². The fraction of sp³-hybridized carbons (Fsp3) is 0.0435. The zero-order valence-electron chi connectivity index (χ0n) is 15.4. The number of para-hydroxylation sites is 1. The highest BCUT2D eigenvalue weighted by Crippen LogP contribution is 2.25. The van der Waals surface area contributed by atoms with Crippen molar-refractivity contribution in [1.82, 2.24) is 0 Å². The van der Waals surface area contributed by atoms with Gasteiger partial charge in [0.15, 0.2) is 5.78 Å². The topological polar surface area (TPSA) is 52.6 Å². The van der Waals surface area contributed by atoms with Crippen LogP contribution in [0.25, 0.3) is 6.08 Å². The first-order chi connectivity index (χ1) is 14.0. The van der Waals surface area contributed by atoms with Crippen molar-refractivity contribution >= 4 is 33.8 Å². The van der Waals surface area contributed by atoms with Crippen LogP contribution in [0.2, 0.25) is 0 Å². The number of hydrogen-bond donors (Lipinski definition) is 0. The van der Waals surface area contributed by atoms with Crippen molar-refractivity contribution in [1.29, 1.82) is 0 Å². The molecule has 0 atom stereocenters. The van der Waals surface area contributed by atoms with E-state index in [9.17, 15) is 14.0 Å². The molecular formula is C23H16BrFO4. The SMILES string of the molecule is COc1ccccc1C=CC(=O)c1cc(F)ccc1OC(=O)c1ccccc1Br. The molecule has 0 unspecified atom stereocenters.